The summed E-state index contributed by atoms with van der Waals surface area (Å²) in [6.07, 6.45) is 2.66. The molecule has 1 aromatic rings. The minimum Gasteiger partial charge on any atom is -0.381 e. The Kier molecular flexibility index (Phi) is 2.12. The van der Waals surface area contributed by atoms with E-state index >= 15 is 0 Å². The number of nitrogens with zero attached hydrogens (tertiary/aromatic N) is 3. The first-order valence-corrected chi connectivity index (χ1v) is 3.51. The van der Waals surface area contributed by atoms with Gasteiger partial charge in [-0.25, -0.2) is 0 Å². The first kappa shape index (κ1) is 7.61. The predicted octanol–water partition coefficient (Wildman–Crippen LogP) is 0.747. The molecule has 11 heavy (non-hydrogen) atoms. The van der Waals surface area contributed by atoms with Gasteiger partial charge in [0, 0.05) is 12.7 Å². The fourth-order valence-corrected chi connectivity index (χ4v) is 0.866. The molecule has 0 saturated heterocycles. The van der Waals surface area contributed by atoms with E-state index in [0.717, 1.165) is 13.0 Å². The van der Waals surface area contributed by atoms with Crippen molar-refractivity contribution in [1.82, 2.24) is 9.78 Å². The molecule has 58 valence electrons. The molecule has 0 fully saturated rings. The lowest BCUT2D eigenvalue weighted by Gasteiger charge is -1.93. The molecule has 0 aliphatic heterocycles. The highest BCUT2D eigenvalue weighted by molar-refractivity contribution is 5.46. The number of nitrogen functional groups attached to an aromatic ring is 1. The molecule has 0 aliphatic rings. The van der Waals surface area contributed by atoms with Gasteiger partial charge in [0.2, 0.25) is 0 Å². The van der Waals surface area contributed by atoms with E-state index < -0.39 is 0 Å². The average Bonchev–Trinajstić information content (AvgIpc) is 2.32. The first-order valence-electron chi connectivity index (χ1n) is 3.51. The van der Waals surface area contributed by atoms with Crippen molar-refractivity contribution in [3.8, 4) is 6.07 Å². The lowest BCUT2D eigenvalue weighted by atomic mass is 10.4. The molecule has 0 spiro atoms. The molecule has 2 N–H and O–H groups in total. The Morgan fingerprint density at radius 3 is 3.00 bits per heavy atom. The highest BCUT2D eigenvalue weighted by Crippen LogP contribution is 2.06. The fourth-order valence-electron chi connectivity index (χ4n) is 0.866. The van der Waals surface area contributed by atoms with Crippen molar-refractivity contribution < 1.29 is 0 Å². The molecule has 0 atom stereocenters. The summed E-state index contributed by atoms with van der Waals surface area (Å²) in [4.78, 5) is 0. The lowest BCUT2D eigenvalue weighted by molar-refractivity contribution is 0.605. The van der Waals surface area contributed by atoms with Gasteiger partial charge < -0.3 is 5.73 Å². The highest BCUT2D eigenvalue weighted by atomic mass is 15.3. The number of hydrogen-bond acceptors (Lipinski definition) is 3. The molecule has 0 saturated carbocycles. The van der Waals surface area contributed by atoms with Gasteiger partial charge in [0.15, 0.2) is 5.82 Å². The summed E-state index contributed by atoms with van der Waals surface area (Å²) >= 11 is 0. The third-order valence-electron chi connectivity index (χ3n) is 1.36. The van der Waals surface area contributed by atoms with Crippen molar-refractivity contribution in [1.29, 1.82) is 5.26 Å². The second kappa shape index (κ2) is 3.06. The summed E-state index contributed by atoms with van der Waals surface area (Å²) in [6.45, 7) is 2.86. The van der Waals surface area contributed by atoms with Crippen LogP contribution in [0.2, 0.25) is 0 Å². The van der Waals surface area contributed by atoms with E-state index in [2.05, 4.69) is 5.10 Å². The molecule has 1 aromatic heterocycles. The molecule has 0 bridgehead atoms. The van der Waals surface area contributed by atoms with Crippen LogP contribution in [0.5, 0.6) is 0 Å². The van der Waals surface area contributed by atoms with Gasteiger partial charge in [-0.05, 0) is 6.42 Å². The number of aryl methyl sites for hydroxylation is 1. The zero-order valence-electron chi connectivity index (χ0n) is 6.41. The van der Waals surface area contributed by atoms with E-state index in [9.17, 15) is 0 Å². The summed E-state index contributed by atoms with van der Waals surface area (Å²) in [6, 6.07) is 1.97. The predicted molar refractivity (Wildman–Crippen MR) is 41.6 cm³/mol. The number of rotatable bonds is 2. The molecule has 4 heteroatoms. The Balaban J connectivity index is 2.89. The van der Waals surface area contributed by atoms with Crippen molar-refractivity contribution in [3.63, 3.8) is 0 Å². The quantitative estimate of drug-likeness (QED) is 0.676. The van der Waals surface area contributed by atoms with E-state index in [-0.39, 0.29) is 0 Å². The summed E-state index contributed by atoms with van der Waals surface area (Å²) in [5.41, 5.74) is 5.88. The van der Waals surface area contributed by atoms with Crippen LogP contribution in [0.3, 0.4) is 0 Å². The van der Waals surface area contributed by atoms with Crippen LogP contribution in [-0.2, 0) is 6.54 Å². The van der Waals surface area contributed by atoms with Gasteiger partial charge in [-0.2, -0.15) is 10.4 Å². The Bertz CT molecular complexity index is 281. The van der Waals surface area contributed by atoms with Crippen LogP contribution in [-0.4, -0.2) is 9.78 Å². The van der Waals surface area contributed by atoms with Crippen molar-refractivity contribution in [2.24, 2.45) is 0 Å². The van der Waals surface area contributed by atoms with Crippen molar-refractivity contribution in [3.05, 3.63) is 11.8 Å². The van der Waals surface area contributed by atoms with Gasteiger partial charge in [0.25, 0.3) is 0 Å². The van der Waals surface area contributed by atoms with Crippen molar-refractivity contribution in [2.45, 2.75) is 19.9 Å². The molecule has 4 nitrogen and oxygen atoms in total. The normalized spacial score (nSPS) is 9.45. The third kappa shape index (κ3) is 1.49. The van der Waals surface area contributed by atoms with E-state index in [4.69, 9.17) is 11.0 Å². The number of aromatic nitrogens is 2. The molecule has 0 aliphatic carbocycles. The van der Waals surface area contributed by atoms with Gasteiger partial charge in [0.1, 0.15) is 11.6 Å². The summed E-state index contributed by atoms with van der Waals surface area (Å²) in [5, 5.41) is 12.5. The third-order valence-corrected chi connectivity index (χ3v) is 1.36. The van der Waals surface area contributed by atoms with Crippen molar-refractivity contribution in [2.75, 3.05) is 5.73 Å². The van der Waals surface area contributed by atoms with E-state index in [1.54, 1.807) is 10.9 Å². The minimum atomic E-state index is 0.320. The number of nitriles is 1. The largest absolute Gasteiger partial charge is 0.381 e. The summed E-state index contributed by atoms with van der Waals surface area (Å²) in [5.74, 6) is 0.320. The van der Waals surface area contributed by atoms with Crippen LogP contribution >= 0.6 is 0 Å². The van der Waals surface area contributed by atoms with Gasteiger partial charge >= 0.3 is 0 Å². The molecular formula is C7H10N4. The van der Waals surface area contributed by atoms with E-state index in [1.165, 1.54) is 0 Å². The van der Waals surface area contributed by atoms with E-state index in [0.29, 0.717) is 11.4 Å². The zero-order chi connectivity index (χ0) is 8.27. The number of anilines is 1. The van der Waals surface area contributed by atoms with Crippen LogP contribution in [0.4, 0.5) is 5.82 Å². The minimum absolute atomic E-state index is 0.320. The Morgan fingerprint density at radius 2 is 2.55 bits per heavy atom. The van der Waals surface area contributed by atoms with Gasteiger partial charge in [-0.3, -0.25) is 4.68 Å². The zero-order valence-corrected chi connectivity index (χ0v) is 6.41. The SMILES string of the molecule is CCCn1cc(C#N)c(N)n1. The fraction of sp³-hybridized carbons (Fsp3) is 0.429. The molecule has 1 rings (SSSR count). The van der Waals surface area contributed by atoms with Crippen LogP contribution in [0.15, 0.2) is 6.20 Å². The summed E-state index contributed by atoms with van der Waals surface area (Å²) in [7, 11) is 0. The lowest BCUT2D eigenvalue weighted by Crippen LogP contribution is -1.97. The van der Waals surface area contributed by atoms with E-state index in [1.807, 2.05) is 13.0 Å². The van der Waals surface area contributed by atoms with Gasteiger partial charge in [-0.15, -0.1) is 0 Å². The molecule has 0 aromatic carbocycles. The second-order valence-electron chi connectivity index (χ2n) is 2.30. The average molecular weight is 150 g/mol. The molecule has 0 unspecified atom stereocenters. The second-order valence-corrected chi connectivity index (χ2v) is 2.30. The number of hydrogen-bond donors (Lipinski definition) is 1. The molecule has 0 amide bonds. The van der Waals surface area contributed by atoms with Gasteiger partial charge in [0.05, 0.1) is 0 Å². The Labute approximate surface area is 65.2 Å². The van der Waals surface area contributed by atoms with Crippen molar-refractivity contribution >= 4 is 5.82 Å². The van der Waals surface area contributed by atoms with Crippen LogP contribution in [0.25, 0.3) is 0 Å². The molecular weight excluding hydrogens is 140 g/mol. The number of nitrogens with two attached hydrogens (primary N) is 1. The van der Waals surface area contributed by atoms with Crippen LogP contribution in [0.1, 0.15) is 18.9 Å². The molecule has 1 heterocycles. The smallest absolute Gasteiger partial charge is 0.163 e. The Hall–Kier alpha value is -1.50. The summed E-state index contributed by atoms with van der Waals surface area (Å²) < 4.78 is 1.69. The Morgan fingerprint density at radius 1 is 1.82 bits per heavy atom. The van der Waals surface area contributed by atoms with Gasteiger partial charge in [-0.1, -0.05) is 6.92 Å². The van der Waals surface area contributed by atoms with Crippen LogP contribution in [0, 0.1) is 11.3 Å². The maximum absolute atomic E-state index is 8.52. The van der Waals surface area contributed by atoms with Crippen LogP contribution < -0.4 is 5.73 Å². The molecule has 0 radical (unpaired) electrons. The first-order chi connectivity index (χ1) is 5.27. The standard InChI is InChI=1S/C7H10N4/c1-2-3-11-5-6(4-8)7(9)10-11/h5H,2-3H2,1H3,(H2,9,10). The maximum Gasteiger partial charge on any atom is 0.163 e. The topological polar surface area (TPSA) is 67.6 Å². The highest BCUT2D eigenvalue weighted by Gasteiger charge is 2.02. The maximum atomic E-state index is 8.52. The monoisotopic (exact) mass is 150 g/mol.